The minimum absolute atomic E-state index is 0.0691. The van der Waals surface area contributed by atoms with Crippen LogP contribution in [0, 0.1) is 0 Å². The lowest BCUT2D eigenvalue weighted by molar-refractivity contribution is 0.0915. The summed E-state index contributed by atoms with van der Waals surface area (Å²) in [5.74, 6) is 0.0691. The van der Waals surface area contributed by atoms with Crippen LogP contribution in [0.1, 0.15) is 35.9 Å². The zero-order valence-corrected chi connectivity index (χ0v) is 13.0. The van der Waals surface area contributed by atoms with Gasteiger partial charge in [-0.3, -0.25) is 4.79 Å². The molecule has 1 aliphatic heterocycles. The molecule has 1 saturated heterocycles. The number of nitrogens with one attached hydrogen (secondary N) is 1. The Morgan fingerprint density at radius 3 is 2.83 bits per heavy atom. The molecule has 1 aliphatic rings. The van der Waals surface area contributed by atoms with Crippen LogP contribution in [0.5, 0.6) is 0 Å². The zero-order chi connectivity index (χ0) is 13.0. The summed E-state index contributed by atoms with van der Waals surface area (Å²) < 4.78 is 0.982. The topological polar surface area (TPSA) is 32.3 Å². The highest BCUT2D eigenvalue weighted by atomic mass is 79.9. The lowest BCUT2D eigenvalue weighted by atomic mass is 10.0. The number of carbonyl (C=O) groups excluding carboxylic acids is 1. The summed E-state index contributed by atoms with van der Waals surface area (Å²) in [6.45, 7) is 5.60. The third kappa shape index (κ3) is 3.80. The van der Waals surface area contributed by atoms with Crippen LogP contribution >= 0.6 is 27.3 Å². The lowest BCUT2D eigenvalue weighted by Crippen LogP contribution is -2.44. The molecule has 0 unspecified atom stereocenters. The number of rotatable bonds is 4. The van der Waals surface area contributed by atoms with Crippen molar-refractivity contribution in [2.24, 2.45) is 0 Å². The van der Waals surface area contributed by atoms with Crippen LogP contribution in [0.2, 0.25) is 0 Å². The first-order valence-electron chi connectivity index (χ1n) is 6.46. The Balaban J connectivity index is 1.79. The molecule has 0 radical (unpaired) electrons. The fourth-order valence-corrected chi connectivity index (χ4v) is 3.64. The molecular weight excluding hydrogens is 312 g/mol. The predicted octanol–water partition coefficient (Wildman–Crippen LogP) is 3.11. The van der Waals surface area contributed by atoms with Crippen LogP contribution < -0.4 is 5.32 Å². The van der Waals surface area contributed by atoms with Crippen LogP contribution in [0.4, 0.5) is 0 Å². The number of halogens is 1. The van der Waals surface area contributed by atoms with Gasteiger partial charge in [-0.2, -0.15) is 0 Å². The number of carbonyl (C=O) groups is 1. The summed E-state index contributed by atoms with van der Waals surface area (Å²) in [5, 5.41) is 5.08. The maximum Gasteiger partial charge on any atom is 0.261 e. The monoisotopic (exact) mass is 330 g/mol. The maximum atomic E-state index is 12.0. The number of nitrogens with zero attached hydrogens (tertiary/aromatic N) is 1. The SMILES string of the molecule is CCCN1CCC(NC(=O)c2cc(Br)cs2)CC1. The van der Waals surface area contributed by atoms with Gasteiger partial charge < -0.3 is 10.2 Å². The largest absolute Gasteiger partial charge is 0.349 e. The summed E-state index contributed by atoms with van der Waals surface area (Å²) in [4.78, 5) is 15.3. The van der Waals surface area contributed by atoms with Gasteiger partial charge in [0.15, 0.2) is 0 Å². The van der Waals surface area contributed by atoms with Crippen molar-refractivity contribution in [2.45, 2.75) is 32.2 Å². The second-order valence-corrected chi connectivity index (χ2v) is 6.55. The van der Waals surface area contributed by atoms with E-state index in [1.807, 2.05) is 11.4 Å². The van der Waals surface area contributed by atoms with Crippen molar-refractivity contribution in [2.75, 3.05) is 19.6 Å². The molecule has 0 aromatic carbocycles. The third-order valence-electron chi connectivity index (χ3n) is 3.25. The summed E-state index contributed by atoms with van der Waals surface area (Å²) in [6.07, 6.45) is 3.34. The van der Waals surface area contributed by atoms with Crippen molar-refractivity contribution in [3.63, 3.8) is 0 Å². The summed E-state index contributed by atoms with van der Waals surface area (Å²) in [5.41, 5.74) is 0. The van der Waals surface area contributed by atoms with Crippen molar-refractivity contribution in [1.29, 1.82) is 0 Å². The van der Waals surface area contributed by atoms with Crippen molar-refractivity contribution in [3.05, 3.63) is 20.8 Å². The van der Waals surface area contributed by atoms with Crippen molar-refractivity contribution in [1.82, 2.24) is 10.2 Å². The molecule has 1 fully saturated rings. The van der Waals surface area contributed by atoms with E-state index in [1.54, 1.807) is 0 Å². The average Bonchev–Trinajstić information content (AvgIpc) is 2.79. The molecule has 2 heterocycles. The Morgan fingerprint density at radius 2 is 2.28 bits per heavy atom. The van der Waals surface area contributed by atoms with Gasteiger partial charge in [0.1, 0.15) is 0 Å². The van der Waals surface area contributed by atoms with Gasteiger partial charge in [0.2, 0.25) is 0 Å². The molecule has 1 aromatic heterocycles. The Morgan fingerprint density at radius 1 is 1.56 bits per heavy atom. The van der Waals surface area contributed by atoms with Gasteiger partial charge in [-0.25, -0.2) is 0 Å². The molecule has 1 aromatic rings. The molecule has 2 rings (SSSR count). The fraction of sp³-hybridized carbons (Fsp3) is 0.615. The van der Waals surface area contributed by atoms with Crippen LogP contribution in [0.25, 0.3) is 0 Å². The van der Waals surface area contributed by atoms with E-state index in [0.29, 0.717) is 6.04 Å². The standard InChI is InChI=1S/C13H19BrN2OS/c1-2-5-16-6-3-11(4-7-16)15-13(17)12-8-10(14)9-18-12/h8-9,11H,2-7H2,1H3,(H,15,17). The first-order chi connectivity index (χ1) is 8.69. The molecule has 1 N–H and O–H groups in total. The molecule has 100 valence electrons. The Hall–Kier alpha value is -0.390. The van der Waals surface area contributed by atoms with Crippen molar-refractivity contribution < 1.29 is 4.79 Å². The van der Waals surface area contributed by atoms with Crippen LogP contribution in [0.15, 0.2) is 15.9 Å². The van der Waals surface area contributed by atoms with E-state index in [9.17, 15) is 4.79 Å². The minimum Gasteiger partial charge on any atom is -0.349 e. The highest BCUT2D eigenvalue weighted by Gasteiger charge is 2.21. The number of hydrogen-bond donors (Lipinski definition) is 1. The number of thiophene rings is 1. The fourth-order valence-electron chi connectivity index (χ4n) is 2.31. The van der Waals surface area contributed by atoms with E-state index in [4.69, 9.17) is 0 Å². The summed E-state index contributed by atoms with van der Waals surface area (Å²) >= 11 is 4.86. The second kappa shape index (κ2) is 6.68. The van der Waals surface area contributed by atoms with Gasteiger partial charge in [-0.15, -0.1) is 11.3 Å². The van der Waals surface area contributed by atoms with Crippen LogP contribution in [-0.2, 0) is 0 Å². The van der Waals surface area contributed by atoms with Gasteiger partial charge in [-0.05, 0) is 47.8 Å². The maximum absolute atomic E-state index is 12.0. The normalized spacial score (nSPS) is 17.9. The van der Waals surface area contributed by atoms with Gasteiger partial charge in [0, 0.05) is 29.0 Å². The van der Waals surface area contributed by atoms with E-state index in [2.05, 4.69) is 33.1 Å². The molecule has 0 saturated carbocycles. The van der Waals surface area contributed by atoms with E-state index in [0.717, 1.165) is 35.3 Å². The molecule has 0 aliphatic carbocycles. The number of amides is 1. The molecule has 5 heteroatoms. The average molecular weight is 331 g/mol. The summed E-state index contributed by atoms with van der Waals surface area (Å²) in [7, 11) is 0. The van der Waals surface area contributed by atoms with Crippen LogP contribution in [-0.4, -0.2) is 36.5 Å². The van der Waals surface area contributed by atoms with E-state index < -0.39 is 0 Å². The third-order valence-corrected chi connectivity index (χ3v) is 4.94. The smallest absolute Gasteiger partial charge is 0.261 e. The highest BCUT2D eigenvalue weighted by Crippen LogP contribution is 2.20. The van der Waals surface area contributed by atoms with Crippen molar-refractivity contribution >= 4 is 33.2 Å². The Bertz CT molecular complexity index is 399. The number of hydrogen-bond acceptors (Lipinski definition) is 3. The van der Waals surface area contributed by atoms with Gasteiger partial charge >= 0.3 is 0 Å². The van der Waals surface area contributed by atoms with E-state index in [-0.39, 0.29) is 5.91 Å². The lowest BCUT2D eigenvalue weighted by Gasteiger charge is -2.31. The summed E-state index contributed by atoms with van der Waals surface area (Å²) in [6, 6.07) is 2.22. The Labute approximate surface area is 121 Å². The molecular formula is C13H19BrN2OS. The van der Waals surface area contributed by atoms with E-state index in [1.165, 1.54) is 24.3 Å². The minimum atomic E-state index is 0.0691. The quantitative estimate of drug-likeness (QED) is 0.919. The highest BCUT2D eigenvalue weighted by molar-refractivity contribution is 9.10. The molecule has 18 heavy (non-hydrogen) atoms. The zero-order valence-electron chi connectivity index (χ0n) is 10.6. The van der Waals surface area contributed by atoms with Gasteiger partial charge in [0.05, 0.1) is 4.88 Å². The number of piperidine rings is 1. The van der Waals surface area contributed by atoms with Gasteiger partial charge in [0.25, 0.3) is 5.91 Å². The van der Waals surface area contributed by atoms with Crippen LogP contribution in [0.3, 0.4) is 0 Å². The second-order valence-electron chi connectivity index (χ2n) is 4.72. The molecule has 0 spiro atoms. The molecule has 3 nitrogen and oxygen atoms in total. The number of likely N-dealkylation sites (tertiary alicyclic amines) is 1. The van der Waals surface area contributed by atoms with E-state index >= 15 is 0 Å². The van der Waals surface area contributed by atoms with Gasteiger partial charge in [-0.1, -0.05) is 6.92 Å². The predicted molar refractivity (Wildman–Crippen MR) is 79.2 cm³/mol. The first-order valence-corrected chi connectivity index (χ1v) is 8.13. The molecule has 0 atom stereocenters. The first kappa shape index (κ1) is 14.0. The Kier molecular flexibility index (Phi) is 5.21. The van der Waals surface area contributed by atoms with Crippen molar-refractivity contribution in [3.8, 4) is 0 Å². The molecule has 1 amide bonds. The molecule has 0 bridgehead atoms.